The normalized spacial score (nSPS) is 11.0. The Bertz CT molecular complexity index is 755. The van der Waals surface area contributed by atoms with Gasteiger partial charge in [-0.3, -0.25) is 4.79 Å². The Labute approximate surface area is 117 Å². The topological polar surface area (TPSA) is 52.1 Å². The molecule has 3 aromatic rings. The molecule has 0 saturated carbocycles. The molecule has 3 rings (SSSR count). The van der Waals surface area contributed by atoms with Crippen molar-refractivity contribution in [2.24, 2.45) is 0 Å². The van der Waals surface area contributed by atoms with E-state index < -0.39 is 0 Å². The molecule has 4 nitrogen and oxygen atoms in total. The monoisotopic (exact) mass is 290 g/mol. The zero-order chi connectivity index (χ0) is 13.2. The minimum absolute atomic E-state index is 0.249. The Hall–Kier alpha value is -1.66. The number of thioether (sulfide) groups is 1. The summed E-state index contributed by atoms with van der Waals surface area (Å²) < 4.78 is 6.91. The molecule has 0 aliphatic rings. The minimum atomic E-state index is -0.259. The van der Waals surface area contributed by atoms with Gasteiger partial charge in [0.25, 0.3) is 0 Å². The first kappa shape index (κ1) is 12.4. The maximum atomic E-state index is 11.2. The Morgan fingerprint density at radius 2 is 2.21 bits per heavy atom. The molecule has 0 aliphatic heterocycles. The van der Waals surface area contributed by atoms with Crippen LogP contribution in [-0.4, -0.2) is 29.0 Å². The fourth-order valence-electron chi connectivity index (χ4n) is 1.82. The fraction of sp³-hybridized carbons (Fsp3) is 0.154. The van der Waals surface area contributed by atoms with E-state index in [1.54, 1.807) is 17.5 Å². The zero-order valence-electron chi connectivity index (χ0n) is 10.1. The zero-order valence-corrected chi connectivity index (χ0v) is 11.8. The van der Waals surface area contributed by atoms with Gasteiger partial charge in [0.2, 0.25) is 0 Å². The largest absolute Gasteiger partial charge is 0.468 e. The number of benzene rings is 1. The number of ether oxygens (including phenoxy) is 1. The van der Waals surface area contributed by atoms with Gasteiger partial charge >= 0.3 is 5.97 Å². The SMILES string of the molecule is COC(=O)CSc1nncc2c1sc1ccccc12. The van der Waals surface area contributed by atoms with Crippen molar-refractivity contribution in [3.05, 3.63) is 30.5 Å². The van der Waals surface area contributed by atoms with E-state index in [-0.39, 0.29) is 11.7 Å². The highest BCUT2D eigenvalue weighted by atomic mass is 32.2. The summed E-state index contributed by atoms with van der Waals surface area (Å²) in [5, 5.41) is 11.2. The van der Waals surface area contributed by atoms with Gasteiger partial charge in [0, 0.05) is 15.5 Å². The number of esters is 1. The lowest BCUT2D eigenvalue weighted by Gasteiger charge is -1.99. The summed E-state index contributed by atoms with van der Waals surface area (Å²) in [5.41, 5.74) is 0. The van der Waals surface area contributed by atoms with Crippen LogP contribution in [0.3, 0.4) is 0 Å². The van der Waals surface area contributed by atoms with Crippen LogP contribution in [-0.2, 0) is 9.53 Å². The van der Waals surface area contributed by atoms with Crippen LogP contribution in [0.2, 0.25) is 0 Å². The summed E-state index contributed by atoms with van der Waals surface area (Å²) in [7, 11) is 1.38. The number of hydrogen-bond donors (Lipinski definition) is 0. The maximum absolute atomic E-state index is 11.2. The lowest BCUT2D eigenvalue weighted by Crippen LogP contribution is -2.03. The molecule has 6 heteroatoms. The summed E-state index contributed by atoms with van der Waals surface area (Å²) in [6.07, 6.45) is 1.77. The van der Waals surface area contributed by atoms with Crippen LogP contribution in [0.15, 0.2) is 35.5 Å². The van der Waals surface area contributed by atoms with Crippen molar-refractivity contribution in [2.75, 3.05) is 12.9 Å². The molecule has 2 aromatic heterocycles. The first-order valence-corrected chi connectivity index (χ1v) is 7.42. The molecular formula is C13H10N2O2S2. The molecule has 0 fully saturated rings. The van der Waals surface area contributed by atoms with E-state index in [9.17, 15) is 4.79 Å². The van der Waals surface area contributed by atoms with Gasteiger partial charge in [0.15, 0.2) is 0 Å². The first-order chi connectivity index (χ1) is 9.29. The Morgan fingerprint density at radius 3 is 3.05 bits per heavy atom. The van der Waals surface area contributed by atoms with Crippen LogP contribution in [0.4, 0.5) is 0 Å². The molecule has 0 unspecified atom stereocenters. The second-order valence-corrected chi connectivity index (χ2v) is 5.87. The predicted octanol–water partition coefficient (Wildman–Crippen LogP) is 3.11. The molecule has 2 heterocycles. The molecule has 0 spiro atoms. The van der Waals surface area contributed by atoms with E-state index in [0.29, 0.717) is 0 Å². The first-order valence-electron chi connectivity index (χ1n) is 5.62. The standard InChI is InChI=1S/C13H10N2O2S2/c1-17-11(16)7-18-13-12-9(6-14-15-13)8-4-2-3-5-10(8)19-12/h2-6H,7H2,1H3. The average Bonchev–Trinajstić information content (AvgIpc) is 2.84. The highest BCUT2D eigenvalue weighted by Crippen LogP contribution is 2.37. The van der Waals surface area contributed by atoms with Gasteiger partial charge in [0.05, 0.1) is 23.8 Å². The number of aromatic nitrogens is 2. The number of methoxy groups -OCH3 is 1. The van der Waals surface area contributed by atoms with Gasteiger partial charge in [-0.25, -0.2) is 0 Å². The van der Waals surface area contributed by atoms with Crippen LogP contribution >= 0.6 is 23.1 Å². The van der Waals surface area contributed by atoms with E-state index in [2.05, 4.69) is 27.1 Å². The molecule has 0 bridgehead atoms. The van der Waals surface area contributed by atoms with E-state index in [0.717, 1.165) is 15.1 Å². The maximum Gasteiger partial charge on any atom is 0.316 e. The molecule has 0 aliphatic carbocycles. The number of rotatable bonds is 3. The van der Waals surface area contributed by atoms with Crippen molar-refractivity contribution in [1.29, 1.82) is 0 Å². The third-order valence-corrected chi connectivity index (χ3v) is 4.98. The smallest absolute Gasteiger partial charge is 0.316 e. The number of carbonyl (C=O) groups is 1. The van der Waals surface area contributed by atoms with Crippen molar-refractivity contribution in [3.8, 4) is 0 Å². The van der Waals surface area contributed by atoms with E-state index in [4.69, 9.17) is 0 Å². The number of fused-ring (bicyclic) bond motifs is 3. The lowest BCUT2D eigenvalue weighted by atomic mass is 10.2. The lowest BCUT2D eigenvalue weighted by molar-refractivity contribution is -0.137. The van der Waals surface area contributed by atoms with Crippen LogP contribution < -0.4 is 0 Å². The summed E-state index contributed by atoms with van der Waals surface area (Å²) >= 11 is 3.03. The molecular weight excluding hydrogens is 280 g/mol. The number of hydrogen-bond acceptors (Lipinski definition) is 6. The molecule has 0 saturated heterocycles. The van der Waals surface area contributed by atoms with Gasteiger partial charge in [-0.1, -0.05) is 30.0 Å². The molecule has 96 valence electrons. The van der Waals surface area contributed by atoms with Gasteiger partial charge in [0.1, 0.15) is 5.03 Å². The van der Waals surface area contributed by atoms with Crippen LogP contribution in [0.25, 0.3) is 20.2 Å². The molecule has 0 amide bonds. The van der Waals surface area contributed by atoms with Gasteiger partial charge in [-0.05, 0) is 6.07 Å². The quantitative estimate of drug-likeness (QED) is 0.548. The van der Waals surface area contributed by atoms with Crippen molar-refractivity contribution in [2.45, 2.75) is 5.03 Å². The Balaban J connectivity index is 2.07. The van der Waals surface area contributed by atoms with Crippen molar-refractivity contribution in [1.82, 2.24) is 10.2 Å². The van der Waals surface area contributed by atoms with E-state index >= 15 is 0 Å². The van der Waals surface area contributed by atoms with E-state index in [1.165, 1.54) is 29.0 Å². The Morgan fingerprint density at radius 1 is 1.37 bits per heavy atom. The van der Waals surface area contributed by atoms with Gasteiger partial charge in [-0.2, -0.15) is 5.10 Å². The van der Waals surface area contributed by atoms with E-state index in [1.807, 2.05) is 12.1 Å². The number of carbonyl (C=O) groups excluding carboxylic acids is 1. The van der Waals surface area contributed by atoms with Crippen LogP contribution in [0.1, 0.15) is 0 Å². The summed E-state index contributed by atoms with van der Waals surface area (Å²) in [6.45, 7) is 0. The average molecular weight is 290 g/mol. The van der Waals surface area contributed by atoms with Crippen molar-refractivity contribution >= 4 is 49.2 Å². The summed E-state index contributed by atoms with van der Waals surface area (Å²) in [5.74, 6) is -0.0108. The molecule has 1 aromatic carbocycles. The second-order valence-electron chi connectivity index (χ2n) is 3.86. The predicted molar refractivity (Wildman–Crippen MR) is 77.7 cm³/mol. The minimum Gasteiger partial charge on any atom is -0.468 e. The molecule has 0 radical (unpaired) electrons. The number of thiophene rings is 1. The van der Waals surface area contributed by atoms with Crippen LogP contribution in [0.5, 0.6) is 0 Å². The van der Waals surface area contributed by atoms with Gasteiger partial charge < -0.3 is 4.74 Å². The molecule has 0 atom stereocenters. The Kier molecular flexibility index (Phi) is 3.35. The molecule has 0 N–H and O–H groups in total. The highest BCUT2D eigenvalue weighted by molar-refractivity contribution is 8.00. The highest BCUT2D eigenvalue weighted by Gasteiger charge is 2.12. The van der Waals surface area contributed by atoms with Crippen molar-refractivity contribution < 1.29 is 9.53 Å². The van der Waals surface area contributed by atoms with Gasteiger partial charge in [-0.15, -0.1) is 16.4 Å². The molecule has 19 heavy (non-hydrogen) atoms. The third-order valence-electron chi connectivity index (χ3n) is 2.72. The van der Waals surface area contributed by atoms with Crippen LogP contribution in [0, 0.1) is 0 Å². The van der Waals surface area contributed by atoms with Crippen molar-refractivity contribution in [3.63, 3.8) is 0 Å². The number of nitrogens with zero attached hydrogens (tertiary/aromatic N) is 2. The third kappa shape index (κ3) is 2.29. The summed E-state index contributed by atoms with van der Waals surface area (Å²) in [6, 6.07) is 8.18. The summed E-state index contributed by atoms with van der Waals surface area (Å²) in [4.78, 5) is 11.2. The second kappa shape index (κ2) is 5.14. The fourth-order valence-corrected chi connectivity index (χ4v) is 3.89.